The van der Waals surface area contributed by atoms with Crippen LogP contribution in [-0.4, -0.2) is 31.2 Å². The van der Waals surface area contributed by atoms with Gasteiger partial charge in [-0.1, -0.05) is 35.9 Å². The first-order valence-electron chi connectivity index (χ1n) is 7.62. The average molecular weight is 345 g/mol. The van der Waals surface area contributed by atoms with E-state index in [1.165, 1.54) is 0 Å². The summed E-state index contributed by atoms with van der Waals surface area (Å²) >= 11 is 6.00. The van der Waals surface area contributed by atoms with Crippen molar-refractivity contribution in [2.24, 2.45) is 0 Å². The first kappa shape index (κ1) is 16.3. The van der Waals surface area contributed by atoms with Crippen molar-refractivity contribution in [2.75, 3.05) is 18.0 Å². The standard InChI is InChI=1S/C18H17ClN2O3/c1-12-5-4-6-13(9-12)21-11-14(24-18(21)23)10-20-17(22)15-7-2-3-8-16(15)19/h2-9,14H,10-11H2,1H3,(H,20,22). The number of hydrogen-bond donors (Lipinski definition) is 1. The Bertz CT molecular complexity index is 778. The molecule has 0 bridgehead atoms. The van der Waals surface area contributed by atoms with Crippen molar-refractivity contribution in [2.45, 2.75) is 13.0 Å². The number of cyclic esters (lactones) is 1. The van der Waals surface area contributed by atoms with Gasteiger partial charge in [0.05, 0.1) is 23.7 Å². The fourth-order valence-electron chi connectivity index (χ4n) is 2.58. The van der Waals surface area contributed by atoms with Crippen LogP contribution in [0.15, 0.2) is 48.5 Å². The lowest BCUT2D eigenvalue weighted by Crippen LogP contribution is -2.34. The lowest BCUT2D eigenvalue weighted by atomic mass is 10.2. The quantitative estimate of drug-likeness (QED) is 0.924. The Labute approximate surface area is 145 Å². The maximum atomic E-state index is 12.2. The van der Waals surface area contributed by atoms with Crippen molar-refractivity contribution in [1.29, 1.82) is 0 Å². The summed E-state index contributed by atoms with van der Waals surface area (Å²) in [7, 11) is 0. The highest BCUT2D eigenvalue weighted by Crippen LogP contribution is 2.22. The molecule has 1 atom stereocenters. The molecule has 6 heteroatoms. The lowest BCUT2D eigenvalue weighted by molar-refractivity contribution is 0.0916. The van der Waals surface area contributed by atoms with Crippen molar-refractivity contribution in [1.82, 2.24) is 5.32 Å². The van der Waals surface area contributed by atoms with E-state index < -0.39 is 12.2 Å². The predicted octanol–water partition coefficient (Wildman–Crippen LogP) is 3.40. The van der Waals surface area contributed by atoms with E-state index in [1.807, 2.05) is 31.2 Å². The third-order valence-electron chi connectivity index (χ3n) is 3.80. The number of ether oxygens (including phenoxy) is 1. The van der Waals surface area contributed by atoms with E-state index in [9.17, 15) is 9.59 Å². The molecule has 24 heavy (non-hydrogen) atoms. The molecule has 124 valence electrons. The first-order valence-corrected chi connectivity index (χ1v) is 8.00. The van der Waals surface area contributed by atoms with E-state index in [1.54, 1.807) is 29.2 Å². The fourth-order valence-corrected chi connectivity index (χ4v) is 2.80. The normalized spacial score (nSPS) is 16.8. The number of aryl methyl sites for hydroxylation is 1. The number of amides is 2. The van der Waals surface area contributed by atoms with Crippen molar-refractivity contribution in [3.8, 4) is 0 Å². The van der Waals surface area contributed by atoms with E-state index >= 15 is 0 Å². The van der Waals surface area contributed by atoms with Crippen LogP contribution in [0.1, 0.15) is 15.9 Å². The highest BCUT2D eigenvalue weighted by atomic mass is 35.5. The van der Waals surface area contributed by atoms with Gasteiger partial charge >= 0.3 is 6.09 Å². The topological polar surface area (TPSA) is 58.6 Å². The molecule has 0 saturated carbocycles. The third kappa shape index (κ3) is 3.51. The van der Waals surface area contributed by atoms with Crippen LogP contribution in [0.4, 0.5) is 10.5 Å². The molecule has 1 unspecified atom stereocenters. The largest absolute Gasteiger partial charge is 0.442 e. The number of nitrogens with one attached hydrogen (secondary N) is 1. The molecule has 2 aromatic rings. The van der Waals surface area contributed by atoms with Crippen LogP contribution in [0.3, 0.4) is 0 Å². The maximum Gasteiger partial charge on any atom is 0.414 e. The molecule has 1 saturated heterocycles. The summed E-state index contributed by atoms with van der Waals surface area (Å²) in [6, 6.07) is 14.5. The van der Waals surface area contributed by atoms with Gasteiger partial charge < -0.3 is 10.1 Å². The zero-order chi connectivity index (χ0) is 17.1. The van der Waals surface area contributed by atoms with Gasteiger partial charge in [0, 0.05) is 5.69 Å². The lowest BCUT2D eigenvalue weighted by Gasteiger charge is -2.13. The van der Waals surface area contributed by atoms with Crippen LogP contribution in [0.5, 0.6) is 0 Å². The number of halogens is 1. The van der Waals surface area contributed by atoms with Crippen molar-refractivity contribution in [3.63, 3.8) is 0 Å². The molecule has 3 rings (SSSR count). The molecule has 0 aromatic heterocycles. The van der Waals surface area contributed by atoms with E-state index in [-0.39, 0.29) is 12.5 Å². The number of nitrogens with zero attached hydrogens (tertiary/aromatic N) is 1. The van der Waals surface area contributed by atoms with Crippen LogP contribution in [0, 0.1) is 6.92 Å². The summed E-state index contributed by atoms with van der Waals surface area (Å²) in [6.07, 6.45) is -0.804. The minimum absolute atomic E-state index is 0.234. The number of hydrogen-bond acceptors (Lipinski definition) is 3. The van der Waals surface area contributed by atoms with Gasteiger partial charge in [0.2, 0.25) is 0 Å². The van der Waals surface area contributed by atoms with Gasteiger partial charge in [-0.2, -0.15) is 0 Å². The number of benzene rings is 2. The Morgan fingerprint density at radius 1 is 1.29 bits per heavy atom. The van der Waals surface area contributed by atoms with Crippen LogP contribution in [-0.2, 0) is 4.74 Å². The molecular formula is C18H17ClN2O3. The summed E-state index contributed by atoms with van der Waals surface area (Å²) in [5.74, 6) is -0.286. The van der Waals surface area contributed by atoms with Gasteiger partial charge in [-0.05, 0) is 36.8 Å². The molecule has 0 spiro atoms. The second kappa shape index (κ2) is 6.93. The Morgan fingerprint density at radius 2 is 2.08 bits per heavy atom. The van der Waals surface area contributed by atoms with Crippen LogP contribution < -0.4 is 10.2 Å². The van der Waals surface area contributed by atoms with E-state index in [2.05, 4.69) is 5.32 Å². The summed E-state index contributed by atoms with van der Waals surface area (Å²) in [5, 5.41) is 3.15. The molecule has 2 aromatic carbocycles. The van der Waals surface area contributed by atoms with Gasteiger partial charge in [-0.3, -0.25) is 9.69 Å². The SMILES string of the molecule is Cc1cccc(N2CC(CNC(=O)c3ccccc3Cl)OC2=O)c1. The highest BCUT2D eigenvalue weighted by molar-refractivity contribution is 6.33. The summed E-state index contributed by atoms with van der Waals surface area (Å²) in [4.78, 5) is 25.8. The zero-order valence-corrected chi connectivity index (χ0v) is 13.9. The van der Waals surface area contributed by atoms with E-state index in [0.717, 1.165) is 11.3 Å². The average Bonchev–Trinajstić information content (AvgIpc) is 2.94. The van der Waals surface area contributed by atoms with Gasteiger partial charge in [-0.25, -0.2) is 4.79 Å². The molecule has 5 nitrogen and oxygen atoms in total. The van der Waals surface area contributed by atoms with Gasteiger partial charge in [-0.15, -0.1) is 0 Å². The Morgan fingerprint density at radius 3 is 2.83 bits per heavy atom. The number of rotatable bonds is 4. The van der Waals surface area contributed by atoms with Crippen LogP contribution in [0.2, 0.25) is 5.02 Å². The smallest absolute Gasteiger partial charge is 0.414 e. The van der Waals surface area contributed by atoms with Gasteiger partial charge in [0.15, 0.2) is 0 Å². The monoisotopic (exact) mass is 344 g/mol. The van der Waals surface area contributed by atoms with Crippen LogP contribution in [0.25, 0.3) is 0 Å². The van der Waals surface area contributed by atoms with Gasteiger partial charge in [0.1, 0.15) is 6.10 Å². The summed E-state index contributed by atoms with van der Waals surface area (Å²) in [5.41, 5.74) is 2.26. The molecule has 2 amide bonds. The molecule has 1 aliphatic rings. The molecule has 1 heterocycles. The summed E-state index contributed by atoms with van der Waals surface area (Å²) < 4.78 is 5.32. The zero-order valence-electron chi connectivity index (χ0n) is 13.2. The third-order valence-corrected chi connectivity index (χ3v) is 4.13. The minimum Gasteiger partial charge on any atom is -0.442 e. The molecule has 0 aliphatic carbocycles. The second-order valence-corrected chi connectivity index (χ2v) is 6.05. The van der Waals surface area contributed by atoms with E-state index in [4.69, 9.17) is 16.3 Å². The number of carbonyl (C=O) groups excluding carboxylic acids is 2. The Kier molecular flexibility index (Phi) is 4.71. The Balaban J connectivity index is 1.61. The highest BCUT2D eigenvalue weighted by Gasteiger charge is 2.32. The number of anilines is 1. The summed E-state index contributed by atoms with van der Waals surface area (Å²) in [6.45, 7) is 2.59. The van der Waals surface area contributed by atoms with Crippen molar-refractivity contribution < 1.29 is 14.3 Å². The van der Waals surface area contributed by atoms with Crippen molar-refractivity contribution in [3.05, 3.63) is 64.7 Å². The van der Waals surface area contributed by atoms with Gasteiger partial charge in [0.25, 0.3) is 5.91 Å². The maximum absolute atomic E-state index is 12.2. The predicted molar refractivity (Wildman–Crippen MR) is 92.6 cm³/mol. The Hall–Kier alpha value is -2.53. The molecule has 0 radical (unpaired) electrons. The molecule has 1 N–H and O–H groups in total. The molecule has 1 fully saturated rings. The number of carbonyl (C=O) groups is 2. The fraction of sp³-hybridized carbons (Fsp3) is 0.222. The van der Waals surface area contributed by atoms with Crippen molar-refractivity contribution >= 4 is 29.3 Å². The first-order chi connectivity index (χ1) is 11.5. The van der Waals surface area contributed by atoms with E-state index in [0.29, 0.717) is 17.1 Å². The minimum atomic E-state index is -0.405. The second-order valence-electron chi connectivity index (χ2n) is 5.65. The molecule has 1 aliphatic heterocycles. The van der Waals surface area contributed by atoms with Crippen LogP contribution >= 0.6 is 11.6 Å². The molecular weight excluding hydrogens is 328 g/mol.